The number of esters is 1. The fourth-order valence-corrected chi connectivity index (χ4v) is 2.82. The molecule has 0 atom stereocenters. The lowest BCUT2D eigenvalue weighted by atomic mass is 10.1. The zero-order valence-corrected chi connectivity index (χ0v) is 16.3. The number of fused-ring (bicyclic) bond motifs is 1. The smallest absolute Gasteiger partial charge is 0.306 e. The van der Waals surface area contributed by atoms with Gasteiger partial charge in [0.05, 0.1) is 11.1 Å². The predicted octanol–water partition coefficient (Wildman–Crippen LogP) is 2.25. The fraction of sp³-hybridized carbons (Fsp3) is 0.500. The Labute approximate surface area is 159 Å². The molecule has 1 aromatic carbocycles. The van der Waals surface area contributed by atoms with E-state index in [0.29, 0.717) is 24.1 Å². The molecule has 0 aromatic heterocycles. The van der Waals surface area contributed by atoms with Gasteiger partial charge in [-0.15, -0.1) is 0 Å². The zero-order chi connectivity index (χ0) is 20.2. The van der Waals surface area contributed by atoms with Gasteiger partial charge in [0.25, 0.3) is 11.8 Å². The molecule has 1 heterocycles. The van der Waals surface area contributed by atoms with Gasteiger partial charge in [0.15, 0.2) is 0 Å². The molecule has 7 nitrogen and oxygen atoms in total. The highest BCUT2D eigenvalue weighted by molar-refractivity contribution is 6.21. The molecule has 7 heteroatoms. The van der Waals surface area contributed by atoms with E-state index in [1.807, 2.05) is 0 Å². The number of nitrogens with zero attached hydrogens (tertiary/aromatic N) is 2. The number of ether oxygens (including phenoxy) is 1. The zero-order valence-electron chi connectivity index (χ0n) is 16.3. The number of amides is 3. The number of benzene rings is 1. The highest BCUT2D eigenvalue weighted by Gasteiger charge is 2.35. The average Bonchev–Trinajstić information content (AvgIpc) is 2.82. The van der Waals surface area contributed by atoms with E-state index in [9.17, 15) is 19.2 Å². The molecule has 2 rings (SSSR count). The van der Waals surface area contributed by atoms with Gasteiger partial charge in [-0.3, -0.25) is 24.1 Å². The summed E-state index contributed by atoms with van der Waals surface area (Å²) in [7, 11) is 1.64. The number of hydrogen-bond donors (Lipinski definition) is 0. The lowest BCUT2D eigenvalue weighted by Crippen LogP contribution is -2.35. The first-order valence-electron chi connectivity index (χ1n) is 9.01. The van der Waals surface area contributed by atoms with Crippen LogP contribution in [0.2, 0.25) is 0 Å². The van der Waals surface area contributed by atoms with Gasteiger partial charge in [-0.05, 0) is 39.3 Å². The van der Waals surface area contributed by atoms with Crippen LogP contribution in [0.15, 0.2) is 24.3 Å². The van der Waals surface area contributed by atoms with Crippen LogP contribution in [0.3, 0.4) is 0 Å². The van der Waals surface area contributed by atoms with Crippen LogP contribution >= 0.6 is 0 Å². The molecule has 0 saturated heterocycles. The largest absolute Gasteiger partial charge is 0.460 e. The standard InChI is InChI=1S/C20H26N2O5/c1-20(2,3)27-17(24)10-7-12-21(4)16(23)11-13-22-18(25)14-8-5-6-9-15(14)19(22)26/h5-6,8-9H,7,10-13H2,1-4H3. The number of rotatable bonds is 7. The summed E-state index contributed by atoms with van der Waals surface area (Å²) < 4.78 is 5.23. The maximum atomic E-state index is 12.3. The van der Waals surface area contributed by atoms with E-state index in [-0.39, 0.29) is 43.1 Å². The molecular weight excluding hydrogens is 348 g/mol. The first kappa shape index (κ1) is 20.6. The second-order valence-corrected chi connectivity index (χ2v) is 7.56. The third-order valence-electron chi connectivity index (χ3n) is 4.15. The lowest BCUT2D eigenvalue weighted by Gasteiger charge is -2.21. The molecule has 1 aliphatic heterocycles. The number of hydrogen-bond acceptors (Lipinski definition) is 5. The van der Waals surface area contributed by atoms with Gasteiger partial charge in [0.1, 0.15) is 5.60 Å². The Bertz CT molecular complexity index is 716. The van der Waals surface area contributed by atoms with Crippen LogP contribution in [0.25, 0.3) is 0 Å². The normalized spacial score (nSPS) is 13.6. The molecule has 27 heavy (non-hydrogen) atoms. The topological polar surface area (TPSA) is 84.0 Å². The molecule has 3 amide bonds. The Morgan fingerprint density at radius 3 is 2.11 bits per heavy atom. The maximum absolute atomic E-state index is 12.3. The molecule has 0 N–H and O–H groups in total. The monoisotopic (exact) mass is 374 g/mol. The minimum Gasteiger partial charge on any atom is -0.460 e. The first-order chi connectivity index (χ1) is 12.6. The van der Waals surface area contributed by atoms with Crippen molar-refractivity contribution in [2.45, 2.75) is 45.6 Å². The Morgan fingerprint density at radius 1 is 1.04 bits per heavy atom. The summed E-state index contributed by atoms with van der Waals surface area (Å²) in [5.41, 5.74) is 0.229. The predicted molar refractivity (Wildman–Crippen MR) is 99.1 cm³/mol. The average molecular weight is 374 g/mol. The molecule has 1 aliphatic rings. The second-order valence-electron chi connectivity index (χ2n) is 7.56. The molecule has 0 spiro atoms. The Kier molecular flexibility index (Phi) is 6.36. The van der Waals surface area contributed by atoms with Crippen LogP contribution in [-0.2, 0) is 14.3 Å². The third kappa shape index (κ3) is 5.39. The Morgan fingerprint density at radius 2 is 1.59 bits per heavy atom. The van der Waals surface area contributed by atoms with Gasteiger partial charge < -0.3 is 9.64 Å². The molecule has 1 aromatic rings. The van der Waals surface area contributed by atoms with Gasteiger partial charge in [0, 0.05) is 33.0 Å². The molecule has 0 aliphatic carbocycles. The van der Waals surface area contributed by atoms with Gasteiger partial charge in [-0.2, -0.15) is 0 Å². The van der Waals surface area contributed by atoms with Crippen LogP contribution in [0, 0.1) is 0 Å². The lowest BCUT2D eigenvalue weighted by molar-refractivity contribution is -0.155. The summed E-state index contributed by atoms with van der Waals surface area (Å²) in [4.78, 5) is 51.1. The highest BCUT2D eigenvalue weighted by atomic mass is 16.6. The van der Waals surface area contributed by atoms with Crippen LogP contribution in [0.5, 0.6) is 0 Å². The first-order valence-corrected chi connectivity index (χ1v) is 9.01. The van der Waals surface area contributed by atoms with Crippen molar-refractivity contribution in [1.29, 1.82) is 0 Å². The molecule has 0 saturated carbocycles. The van der Waals surface area contributed by atoms with E-state index in [1.165, 1.54) is 4.90 Å². The van der Waals surface area contributed by atoms with E-state index in [0.717, 1.165) is 4.90 Å². The van der Waals surface area contributed by atoms with Crippen molar-refractivity contribution in [3.05, 3.63) is 35.4 Å². The SMILES string of the molecule is CN(CCCC(=O)OC(C)(C)C)C(=O)CCN1C(=O)c2ccccc2C1=O. The van der Waals surface area contributed by atoms with Gasteiger partial charge in [-0.1, -0.05) is 12.1 Å². The van der Waals surface area contributed by atoms with Crippen LogP contribution < -0.4 is 0 Å². The number of imide groups is 1. The molecular formula is C20H26N2O5. The van der Waals surface area contributed by atoms with Gasteiger partial charge >= 0.3 is 5.97 Å². The highest BCUT2D eigenvalue weighted by Crippen LogP contribution is 2.22. The summed E-state index contributed by atoms with van der Waals surface area (Å²) >= 11 is 0. The fourth-order valence-electron chi connectivity index (χ4n) is 2.82. The van der Waals surface area contributed by atoms with Crippen molar-refractivity contribution in [1.82, 2.24) is 9.80 Å². The molecule has 146 valence electrons. The summed E-state index contributed by atoms with van der Waals surface area (Å²) in [6.07, 6.45) is 0.770. The van der Waals surface area contributed by atoms with E-state index < -0.39 is 5.60 Å². The summed E-state index contributed by atoms with van der Waals surface area (Å²) in [5.74, 6) is -1.21. The van der Waals surface area contributed by atoms with Crippen molar-refractivity contribution in [2.75, 3.05) is 20.1 Å². The summed E-state index contributed by atoms with van der Waals surface area (Å²) in [5, 5.41) is 0. The summed E-state index contributed by atoms with van der Waals surface area (Å²) in [6.45, 7) is 5.86. The van der Waals surface area contributed by atoms with Gasteiger partial charge in [-0.25, -0.2) is 0 Å². The van der Waals surface area contributed by atoms with Crippen LogP contribution in [0.1, 0.15) is 60.7 Å². The van der Waals surface area contributed by atoms with Crippen molar-refractivity contribution in [2.24, 2.45) is 0 Å². The van der Waals surface area contributed by atoms with Gasteiger partial charge in [0.2, 0.25) is 5.91 Å². The minimum atomic E-state index is -0.523. The van der Waals surface area contributed by atoms with Crippen molar-refractivity contribution in [3.63, 3.8) is 0 Å². The second kappa shape index (κ2) is 8.33. The maximum Gasteiger partial charge on any atom is 0.306 e. The van der Waals surface area contributed by atoms with E-state index in [1.54, 1.807) is 52.1 Å². The third-order valence-corrected chi connectivity index (χ3v) is 4.15. The number of carbonyl (C=O) groups excluding carboxylic acids is 4. The molecule has 0 radical (unpaired) electrons. The van der Waals surface area contributed by atoms with E-state index >= 15 is 0 Å². The molecule has 0 unspecified atom stereocenters. The van der Waals surface area contributed by atoms with Crippen molar-refractivity contribution >= 4 is 23.7 Å². The van der Waals surface area contributed by atoms with Crippen LogP contribution in [-0.4, -0.2) is 59.2 Å². The molecule has 0 bridgehead atoms. The van der Waals surface area contributed by atoms with Crippen molar-refractivity contribution in [3.8, 4) is 0 Å². The Balaban J connectivity index is 1.77. The number of carbonyl (C=O) groups is 4. The quantitative estimate of drug-likeness (QED) is 0.540. The van der Waals surface area contributed by atoms with E-state index in [4.69, 9.17) is 4.74 Å². The van der Waals surface area contributed by atoms with Crippen molar-refractivity contribution < 1.29 is 23.9 Å². The summed E-state index contributed by atoms with van der Waals surface area (Å²) in [6, 6.07) is 6.63. The minimum absolute atomic E-state index is 0.0432. The molecule has 0 fully saturated rings. The van der Waals surface area contributed by atoms with Crippen LogP contribution in [0.4, 0.5) is 0 Å². The Hall–Kier alpha value is -2.70. The van der Waals surface area contributed by atoms with E-state index in [2.05, 4.69) is 0 Å².